The molecule has 1 amide bonds. The molecule has 0 heterocycles. The van der Waals surface area contributed by atoms with Gasteiger partial charge in [0.1, 0.15) is 6.10 Å². The Morgan fingerprint density at radius 2 is 1.90 bits per heavy atom. The minimum absolute atomic E-state index is 0.193. The van der Waals surface area contributed by atoms with Crippen molar-refractivity contribution in [2.75, 3.05) is 13.2 Å². The van der Waals surface area contributed by atoms with Crippen LogP contribution in [0.2, 0.25) is 0 Å². The fourth-order valence-corrected chi connectivity index (χ4v) is 1.68. The third-order valence-electron chi connectivity index (χ3n) is 2.61. The maximum Gasteiger partial charge on any atom is 0.407 e. The van der Waals surface area contributed by atoms with Crippen molar-refractivity contribution >= 4 is 12.1 Å². The summed E-state index contributed by atoms with van der Waals surface area (Å²) in [7, 11) is 0. The number of hydrogen-bond donors (Lipinski definition) is 1. The number of benzene rings is 1. The monoisotopic (exact) mass is 279 g/mol. The summed E-state index contributed by atoms with van der Waals surface area (Å²) in [5.74, 6) is -0.271. The van der Waals surface area contributed by atoms with Gasteiger partial charge in [-0.2, -0.15) is 0 Å². The summed E-state index contributed by atoms with van der Waals surface area (Å²) in [5, 5.41) is 2.59. The van der Waals surface area contributed by atoms with Crippen LogP contribution in [0, 0.1) is 0 Å². The smallest absolute Gasteiger partial charge is 0.407 e. The molecule has 0 saturated carbocycles. The lowest BCUT2D eigenvalue weighted by atomic mass is 10.1. The van der Waals surface area contributed by atoms with Gasteiger partial charge in [0.05, 0.1) is 13.2 Å². The van der Waals surface area contributed by atoms with E-state index >= 15 is 0 Å². The van der Waals surface area contributed by atoms with Gasteiger partial charge in [0.25, 0.3) is 0 Å². The standard InChI is InChI=1S/C15H21NO4/c1-3-8-14(17)20-13(11-16-15(18)19-4-2)12-9-6-5-7-10-12/h5-7,9-10,13H,3-4,8,11H2,1-2H3,(H,16,18)/t13-/m0/s1. The molecule has 1 N–H and O–H groups in total. The van der Waals surface area contributed by atoms with E-state index in [2.05, 4.69) is 5.32 Å². The predicted molar refractivity (Wildman–Crippen MR) is 75.2 cm³/mol. The third-order valence-corrected chi connectivity index (χ3v) is 2.61. The van der Waals surface area contributed by atoms with Gasteiger partial charge in [0.15, 0.2) is 0 Å². The fraction of sp³-hybridized carbons (Fsp3) is 0.467. The first kappa shape index (κ1) is 16.0. The first-order valence-electron chi connectivity index (χ1n) is 6.82. The largest absolute Gasteiger partial charge is 0.456 e. The lowest BCUT2D eigenvalue weighted by molar-refractivity contribution is -0.149. The van der Waals surface area contributed by atoms with Crippen molar-refractivity contribution in [2.45, 2.75) is 32.8 Å². The van der Waals surface area contributed by atoms with Crippen LogP contribution >= 0.6 is 0 Å². The van der Waals surface area contributed by atoms with E-state index in [9.17, 15) is 9.59 Å². The molecule has 1 aromatic carbocycles. The molecule has 0 aromatic heterocycles. The van der Waals surface area contributed by atoms with E-state index < -0.39 is 12.2 Å². The lowest BCUT2D eigenvalue weighted by Crippen LogP contribution is -2.31. The minimum atomic E-state index is -0.514. The van der Waals surface area contributed by atoms with Crippen LogP contribution in [0.4, 0.5) is 4.79 Å². The molecule has 20 heavy (non-hydrogen) atoms. The highest BCUT2D eigenvalue weighted by Crippen LogP contribution is 2.17. The average Bonchev–Trinajstić information content (AvgIpc) is 2.45. The number of ether oxygens (including phenoxy) is 2. The van der Waals surface area contributed by atoms with Crippen molar-refractivity contribution in [3.05, 3.63) is 35.9 Å². The second kappa shape index (κ2) is 8.96. The van der Waals surface area contributed by atoms with Gasteiger partial charge in [-0.25, -0.2) is 4.79 Å². The highest BCUT2D eigenvalue weighted by atomic mass is 16.6. The molecule has 0 fully saturated rings. The molecule has 0 radical (unpaired) electrons. The Labute approximate surface area is 119 Å². The summed E-state index contributed by atoms with van der Waals surface area (Å²) in [4.78, 5) is 22.9. The molecule has 0 aliphatic carbocycles. The van der Waals surface area contributed by atoms with Crippen molar-refractivity contribution in [1.82, 2.24) is 5.32 Å². The molecule has 1 atom stereocenters. The van der Waals surface area contributed by atoms with E-state index in [1.54, 1.807) is 6.92 Å². The molecule has 0 saturated heterocycles. The predicted octanol–water partition coefficient (Wildman–Crippen LogP) is 2.82. The number of carbonyl (C=O) groups excluding carboxylic acids is 2. The van der Waals surface area contributed by atoms with Crippen molar-refractivity contribution in [3.63, 3.8) is 0 Å². The number of hydrogen-bond acceptors (Lipinski definition) is 4. The maximum atomic E-state index is 11.6. The SMILES string of the molecule is CCCC(=O)O[C@@H](CNC(=O)OCC)c1ccccc1. The Bertz CT molecular complexity index is 419. The van der Waals surface area contributed by atoms with Gasteiger partial charge in [-0.15, -0.1) is 0 Å². The number of amides is 1. The van der Waals surface area contributed by atoms with Gasteiger partial charge in [-0.05, 0) is 18.9 Å². The highest BCUT2D eigenvalue weighted by molar-refractivity contribution is 5.70. The summed E-state index contributed by atoms with van der Waals surface area (Å²) in [5.41, 5.74) is 0.841. The second-order valence-electron chi connectivity index (χ2n) is 4.24. The van der Waals surface area contributed by atoms with Gasteiger partial charge >= 0.3 is 12.1 Å². The van der Waals surface area contributed by atoms with Crippen molar-refractivity contribution in [3.8, 4) is 0 Å². The zero-order valence-corrected chi connectivity index (χ0v) is 11.9. The highest BCUT2D eigenvalue weighted by Gasteiger charge is 2.17. The summed E-state index contributed by atoms with van der Waals surface area (Å²) < 4.78 is 10.2. The molecular formula is C15H21NO4. The number of esters is 1. The molecule has 0 unspecified atom stereocenters. The zero-order valence-electron chi connectivity index (χ0n) is 11.9. The van der Waals surface area contributed by atoms with E-state index in [1.807, 2.05) is 37.3 Å². The lowest BCUT2D eigenvalue weighted by Gasteiger charge is -2.18. The van der Waals surface area contributed by atoms with Gasteiger partial charge in [-0.3, -0.25) is 4.79 Å². The second-order valence-corrected chi connectivity index (χ2v) is 4.24. The first-order chi connectivity index (χ1) is 9.67. The topological polar surface area (TPSA) is 64.6 Å². The summed E-state index contributed by atoms with van der Waals surface area (Å²) in [6.45, 7) is 4.14. The van der Waals surface area contributed by atoms with E-state index in [4.69, 9.17) is 9.47 Å². The molecule has 0 aliphatic heterocycles. The Hall–Kier alpha value is -2.04. The number of nitrogens with one attached hydrogen (secondary N) is 1. The molecule has 1 aromatic rings. The maximum absolute atomic E-state index is 11.6. The average molecular weight is 279 g/mol. The normalized spacial score (nSPS) is 11.5. The van der Waals surface area contributed by atoms with Crippen LogP contribution < -0.4 is 5.32 Å². The molecule has 1 rings (SSSR count). The number of rotatable bonds is 7. The van der Waals surface area contributed by atoms with Gasteiger partial charge in [0.2, 0.25) is 0 Å². The Morgan fingerprint density at radius 1 is 1.20 bits per heavy atom. The quantitative estimate of drug-likeness (QED) is 0.779. The summed E-state index contributed by atoms with van der Waals surface area (Å²) in [6.07, 6.45) is 0.0774. The summed E-state index contributed by atoms with van der Waals surface area (Å²) >= 11 is 0. The van der Waals surface area contributed by atoms with Crippen molar-refractivity contribution < 1.29 is 19.1 Å². The molecular weight excluding hydrogens is 258 g/mol. The zero-order chi connectivity index (χ0) is 14.8. The van der Waals surface area contributed by atoms with Crippen LogP contribution in [0.1, 0.15) is 38.4 Å². The molecule has 0 bridgehead atoms. The third kappa shape index (κ3) is 5.73. The number of alkyl carbamates (subject to hydrolysis) is 1. The fourth-order valence-electron chi connectivity index (χ4n) is 1.68. The van der Waals surface area contributed by atoms with Crippen LogP contribution in [-0.4, -0.2) is 25.2 Å². The molecule has 0 aliphatic rings. The molecule has 0 spiro atoms. The van der Waals surface area contributed by atoms with Gasteiger partial charge in [-0.1, -0.05) is 37.3 Å². The Balaban J connectivity index is 2.64. The van der Waals surface area contributed by atoms with E-state index in [0.717, 1.165) is 12.0 Å². The van der Waals surface area contributed by atoms with E-state index in [1.165, 1.54) is 0 Å². The summed E-state index contributed by atoms with van der Waals surface area (Å²) in [6, 6.07) is 9.32. The van der Waals surface area contributed by atoms with Crippen LogP contribution in [-0.2, 0) is 14.3 Å². The van der Waals surface area contributed by atoms with Crippen LogP contribution in [0.3, 0.4) is 0 Å². The number of carbonyl (C=O) groups is 2. The van der Waals surface area contributed by atoms with Crippen LogP contribution in [0.15, 0.2) is 30.3 Å². The Morgan fingerprint density at radius 3 is 2.50 bits per heavy atom. The van der Waals surface area contributed by atoms with Crippen molar-refractivity contribution in [1.29, 1.82) is 0 Å². The van der Waals surface area contributed by atoms with Crippen LogP contribution in [0.5, 0.6) is 0 Å². The molecule has 5 nitrogen and oxygen atoms in total. The van der Waals surface area contributed by atoms with Gasteiger partial charge in [0, 0.05) is 6.42 Å². The minimum Gasteiger partial charge on any atom is -0.456 e. The molecule has 5 heteroatoms. The van der Waals surface area contributed by atoms with E-state index in [-0.39, 0.29) is 12.5 Å². The van der Waals surface area contributed by atoms with E-state index in [0.29, 0.717) is 13.0 Å². The van der Waals surface area contributed by atoms with Gasteiger partial charge < -0.3 is 14.8 Å². The van der Waals surface area contributed by atoms with Crippen LogP contribution in [0.25, 0.3) is 0 Å². The van der Waals surface area contributed by atoms with Crippen molar-refractivity contribution in [2.24, 2.45) is 0 Å². The molecule has 110 valence electrons. The first-order valence-corrected chi connectivity index (χ1v) is 6.82. The Kier molecular flexibility index (Phi) is 7.17.